The summed E-state index contributed by atoms with van der Waals surface area (Å²) in [6, 6.07) is 20.6. The van der Waals surface area contributed by atoms with Crippen molar-refractivity contribution in [2.24, 2.45) is 0 Å². The number of allylic oxidation sites excluding steroid dienone is 1. The van der Waals surface area contributed by atoms with Gasteiger partial charge in [-0.1, -0.05) is 77.4 Å². The third-order valence-electron chi connectivity index (χ3n) is 5.11. The number of halogens is 2. The van der Waals surface area contributed by atoms with E-state index < -0.39 is 5.92 Å². The molecule has 2 amide bonds. The monoisotopic (exact) mass is 481 g/mol. The molecule has 8 heteroatoms. The van der Waals surface area contributed by atoms with Crippen LogP contribution in [0.25, 0.3) is 10.8 Å². The molecule has 0 saturated heterocycles. The number of carbonyl (C=O) groups excluding carboxylic acids is 2. The molecule has 0 saturated carbocycles. The summed E-state index contributed by atoms with van der Waals surface area (Å²) in [7, 11) is 0. The number of anilines is 1. The zero-order valence-corrected chi connectivity index (χ0v) is 19.0. The van der Waals surface area contributed by atoms with E-state index in [0.29, 0.717) is 31.9 Å². The van der Waals surface area contributed by atoms with Gasteiger partial charge in [-0.05, 0) is 29.1 Å². The van der Waals surface area contributed by atoms with E-state index in [0.717, 1.165) is 22.5 Å². The summed E-state index contributed by atoms with van der Waals surface area (Å²) in [4.78, 5) is 25.0. The summed E-state index contributed by atoms with van der Waals surface area (Å²) in [5, 5.41) is 18.6. The molecular weight excluding hydrogens is 465 g/mol. The summed E-state index contributed by atoms with van der Waals surface area (Å²) in [6.07, 6.45) is 0.0938. The average molecular weight is 482 g/mol. The molecular formula is C24H17Cl2N3O2S. The van der Waals surface area contributed by atoms with Gasteiger partial charge in [-0.25, -0.2) is 0 Å². The summed E-state index contributed by atoms with van der Waals surface area (Å²) < 4.78 is 0. The van der Waals surface area contributed by atoms with Gasteiger partial charge in [0.25, 0.3) is 0 Å². The number of nitrogens with zero attached hydrogens (tertiary/aromatic N) is 1. The molecule has 0 spiro atoms. The van der Waals surface area contributed by atoms with Crippen LogP contribution >= 0.6 is 35.0 Å². The number of hydrogen-bond acceptors (Lipinski definition) is 4. The summed E-state index contributed by atoms with van der Waals surface area (Å²) in [6.45, 7) is 0. The average Bonchev–Trinajstić information content (AvgIpc) is 2.77. The Morgan fingerprint density at radius 1 is 1.16 bits per heavy atom. The molecule has 0 radical (unpaired) electrons. The standard InChI is InChI=1S/C24H17Cl2N3O2S/c25-15-8-9-17(20(26)10-15)18-11-22(30)29-24(19(18)12-27)32-13-23(31)28-21-7-3-5-14-4-1-2-6-16(14)21/h1-10,18H,11,13H2,(H,28,31)(H,29,30). The van der Waals surface area contributed by atoms with E-state index in [-0.39, 0.29) is 24.0 Å². The zero-order chi connectivity index (χ0) is 22.7. The lowest BCUT2D eigenvalue weighted by Gasteiger charge is -2.25. The predicted octanol–water partition coefficient (Wildman–Crippen LogP) is 5.86. The number of nitrogens with one attached hydrogen (secondary N) is 2. The minimum atomic E-state index is -0.498. The lowest BCUT2D eigenvalue weighted by atomic mass is 9.87. The number of nitriles is 1. The fraction of sp³-hybridized carbons (Fsp3) is 0.125. The number of amides is 2. The number of carbonyl (C=O) groups is 2. The highest BCUT2D eigenvalue weighted by Gasteiger charge is 2.31. The second-order valence-electron chi connectivity index (χ2n) is 7.19. The zero-order valence-electron chi connectivity index (χ0n) is 16.7. The second-order valence-corrected chi connectivity index (χ2v) is 9.02. The van der Waals surface area contributed by atoms with Crippen molar-refractivity contribution in [2.45, 2.75) is 12.3 Å². The fourth-order valence-electron chi connectivity index (χ4n) is 3.64. The van der Waals surface area contributed by atoms with Crippen molar-refractivity contribution in [3.63, 3.8) is 0 Å². The van der Waals surface area contributed by atoms with Crippen LogP contribution in [-0.2, 0) is 9.59 Å². The van der Waals surface area contributed by atoms with E-state index in [1.807, 2.05) is 42.5 Å². The van der Waals surface area contributed by atoms with Gasteiger partial charge in [0.15, 0.2) is 0 Å². The van der Waals surface area contributed by atoms with Crippen LogP contribution in [0.4, 0.5) is 5.69 Å². The maximum absolute atomic E-state index is 12.6. The van der Waals surface area contributed by atoms with Gasteiger partial charge in [-0.3, -0.25) is 9.59 Å². The first-order valence-electron chi connectivity index (χ1n) is 9.75. The quantitative estimate of drug-likeness (QED) is 0.478. The smallest absolute Gasteiger partial charge is 0.234 e. The first kappa shape index (κ1) is 22.2. The lowest BCUT2D eigenvalue weighted by Crippen LogP contribution is -2.31. The molecule has 0 aromatic heterocycles. The number of thioether (sulfide) groups is 1. The van der Waals surface area contributed by atoms with Crippen LogP contribution in [0.3, 0.4) is 0 Å². The van der Waals surface area contributed by atoms with E-state index in [1.165, 1.54) is 0 Å². The van der Waals surface area contributed by atoms with Crippen LogP contribution in [0.1, 0.15) is 17.9 Å². The topological polar surface area (TPSA) is 82.0 Å². The number of rotatable bonds is 5. The third kappa shape index (κ3) is 4.76. The van der Waals surface area contributed by atoms with Gasteiger partial charge in [-0.2, -0.15) is 5.26 Å². The van der Waals surface area contributed by atoms with Crippen molar-refractivity contribution in [3.05, 3.63) is 86.9 Å². The summed E-state index contributed by atoms with van der Waals surface area (Å²) in [5.74, 6) is -0.943. The highest BCUT2D eigenvalue weighted by Crippen LogP contribution is 2.39. The lowest BCUT2D eigenvalue weighted by molar-refractivity contribution is -0.121. The Morgan fingerprint density at radius 3 is 2.72 bits per heavy atom. The van der Waals surface area contributed by atoms with Crippen molar-refractivity contribution >= 4 is 63.2 Å². The van der Waals surface area contributed by atoms with Gasteiger partial charge in [0, 0.05) is 33.5 Å². The van der Waals surface area contributed by atoms with E-state index >= 15 is 0 Å². The van der Waals surface area contributed by atoms with Crippen LogP contribution in [0, 0.1) is 11.3 Å². The summed E-state index contributed by atoms with van der Waals surface area (Å²) >= 11 is 13.4. The largest absolute Gasteiger partial charge is 0.325 e. The van der Waals surface area contributed by atoms with Gasteiger partial charge in [0.05, 0.1) is 22.4 Å². The second kappa shape index (κ2) is 9.66. The Labute approximate surface area is 199 Å². The molecule has 160 valence electrons. The third-order valence-corrected chi connectivity index (χ3v) is 6.68. The molecule has 0 aliphatic carbocycles. The van der Waals surface area contributed by atoms with Crippen LogP contribution < -0.4 is 10.6 Å². The van der Waals surface area contributed by atoms with Crippen molar-refractivity contribution < 1.29 is 9.59 Å². The van der Waals surface area contributed by atoms with Crippen molar-refractivity contribution in [3.8, 4) is 6.07 Å². The minimum Gasteiger partial charge on any atom is -0.325 e. The van der Waals surface area contributed by atoms with Crippen molar-refractivity contribution in [2.75, 3.05) is 11.1 Å². The highest BCUT2D eigenvalue weighted by molar-refractivity contribution is 8.03. The van der Waals surface area contributed by atoms with Gasteiger partial charge < -0.3 is 10.6 Å². The minimum absolute atomic E-state index is 0.0328. The van der Waals surface area contributed by atoms with Crippen LogP contribution in [-0.4, -0.2) is 17.6 Å². The molecule has 1 unspecified atom stereocenters. The van der Waals surface area contributed by atoms with Crippen LogP contribution in [0.5, 0.6) is 0 Å². The molecule has 1 atom stereocenters. The van der Waals surface area contributed by atoms with Gasteiger partial charge in [-0.15, -0.1) is 0 Å². The summed E-state index contributed by atoms with van der Waals surface area (Å²) in [5.41, 5.74) is 1.74. The van der Waals surface area contributed by atoms with Crippen molar-refractivity contribution in [1.29, 1.82) is 5.26 Å². The first-order chi connectivity index (χ1) is 15.5. The van der Waals surface area contributed by atoms with Gasteiger partial charge >= 0.3 is 0 Å². The molecule has 5 nitrogen and oxygen atoms in total. The molecule has 1 aliphatic rings. The molecule has 2 N–H and O–H groups in total. The Morgan fingerprint density at radius 2 is 1.94 bits per heavy atom. The normalized spacial score (nSPS) is 15.9. The molecule has 3 aromatic carbocycles. The predicted molar refractivity (Wildman–Crippen MR) is 130 cm³/mol. The van der Waals surface area contributed by atoms with E-state index in [2.05, 4.69) is 16.7 Å². The Bertz CT molecular complexity index is 1290. The molecule has 3 aromatic rings. The number of hydrogen-bond donors (Lipinski definition) is 2. The maximum Gasteiger partial charge on any atom is 0.234 e. The van der Waals surface area contributed by atoms with E-state index in [1.54, 1.807) is 18.2 Å². The van der Waals surface area contributed by atoms with Crippen molar-refractivity contribution in [1.82, 2.24) is 5.32 Å². The number of benzene rings is 3. The maximum atomic E-state index is 12.6. The molecule has 0 bridgehead atoms. The highest BCUT2D eigenvalue weighted by atomic mass is 35.5. The van der Waals surface area contributed by atoms with E-state index in [9.17, 15) is 14.9 Å². The Balaban J connectivity index is 1.54. The molecule has 0 fully saturated rings. The fourth-order valence-corrected chi connectivity index (χ4v) is 5.06. The van der Waals surface area contributed by atoms with Crippen LogP contribution in [0.2, 0.25) is 10.0 Å². The SMILES string of the molecule is N#CC1=C(SCC(=O)Nc2cccc3ccccc23)NC(=O)CC1c1ccc(Cl)cc1Cl. The first-order valence-corrected chi connectivity index (χ1v) is 11.5. The van der Waals surface area contributed by atoms with Gasteiger partial charge in [0.2, 0.25) is 11.8 Å². The molecule has 32 heavy (non-hydrogen) atoms. The van der Waals surface area contributed by atoms with E-state index in [4.69, 9.17) is 23.2 Å². The molecule has 4 rings (SSSR count). The molecule has 1 heterocycles. The number of fused-ring (bicyclic) bond motifs is 1. The molecule has 1 aliphatic heterocycles. The van der Waals surface area contributed by atoms with Gasteiger partial charge in [0.1, 0.15) is 0 Å². The Hall–Kier alpha value is -2.98. The van der Waals surface area contributed by atoms with Crippen LogP contribution in [0.15, 0.2) is 71.3 Å². The Kier molecular flexibility index (Phi) is 6.71.